The number of methoxy groups -OCH3 is 1. The largest absolute Gasteiger partial charge is 0.497 e. The van der Waals surface area contributed by atoms with E-state index < -0.39 is 16.1 Å². The van der Waals surface area contributed by atoms with Gasteiger partial charge in [-0.3, -0.25) is 14.5 Å². The number of hydrogen-bond acceptors (Lipinski definition) is 5. The molecule has 1 amide bonds. The van der Waals surface area contributed by atoms with Gasteiger partial charge in [-0.2, -0.15) is 0 Å². The summed E-state index contributed by atoms with van der Waals surface area (Å²) in [5.74, 6) is 0.574. The minimum absolute atomic E-state index is 0.111. The van der Waals surface area contributed by atoms with Gasteiger partial charge < -0.3 is 10.1 Å². The molecule has 0 bridgehead atoms. The van der Waals surface area contributed by atoms with Crippen molar-refractivity contribution in [2.75, 3.05) is 7.11 Å². The standard InChI is InChI=1S/C20H23N3O4S/c1-13(2)18(20(24)21-12-14-8-10-15(27-3)11-9-14)22-19-16-6-4-5-7-17(16)28(25,26)23-19/h4-11,13,18H,12H2,1-3H3,(H,21,24)(H,22,23)/t18-/m0/s1. The number of sulfonamides is 1. The maximum absolute atomic E-state index is 12.7. The highest BCUT2D eigenvalue weighted by Gasteiger charge is 2.32. The molecule has 8 heteroatoms. The summed E-state index contributed by atoms with van der Waals surface area (Å²) in [6.45, 7) is 4.09. The number of carbonyl (C=O) groups excluding carboxylic acids is 1. The average molecular weight is 401 g/mol. The van der Waals surface area contributed by atoms with Crippen LogP contribution >= 0.6 is 0 Å². The van der Waals surface area contributed by atoms with E-state index in [0.717, 1.165) is 11.3 Å². The zero-order valence-corrected chi connectivity index (χ0v) is 16.8. The smallest absolute Gasteiger partial charge is 0.263 e. The summed E-state index contributed by atoms with van der Waals surface area (Å²) in [7, 11) is -2.04. The van der Waals surface area contributed by atoms with Crippen molar-refractivity contribution in [2.24, 2.45) is 10.9 Å². The van der Waals surface area contributed by atoms with Crippen LogP contribution in [0.1, 0.15) is 25.0 Å². The van der Waals surface area contributed by atoms with Crippen LogP contribution in [0.2, 0.25) is 0 Å². The Morgan fingerprint density at radius 1 is 1.14 bits per heavy atom. The molecular formula is C20H23N3O4S. The second kappa shape index (κ2) is 8.02. The van der Waals surface area contributed by atoms with Gasteiger partial charge in [-0.15, -0.1) is 0 Å². The van der Waals surface area contributed by atoms with Crippen molar-refractivity contribution in [3.05, 3.63) is 59.7 Å². The summed E-state index contributed by atoms with van der Waals surface area (Å²) >= 11 is 0. The number of hydrogen-bond donors (Lipinski definition) is 2. The van der Waals surface area contributed by atoms with Gasteiger partial charge in [0.1, 0.15) is 17.6 Å². The molecular weight excluding hydrogens is 378 g/mol. The van der Waals surface area contributed by atoms with Gasteiger partial charge in [-0.05, 0) is 35.7 Å². The van der Waals surface area contributed by atoms with Crippen molar-refractivity contribution in [3.63, 3.8) is 0 Å². The molecule has 28 heavy (non-hydrogen) atoms. The van der Waals surface area contributed by atoms with Crippen LogP contribution in [0, 0.1) is 5.92 Å². The second-order valence-corrected chi connectivity index (χ2v) is 8.48. The van der Waals surface area contributed by atoms with E-state index in [1.165, 1.54) is 6.07 Å². The lowest BCUT2D eigenvalue weighted by Gasteiger charge is -2.17. The summed E-state index contributed by atoms with van der Waals surface area (Å²) in [6, 6.07) is 13.3. The van der Waals surface area contributed by atoms with Gasteiger partial charge in [0, 0.05) is 12.1 Å². The predicted molar refractivity (Wildman–Crippen MR) is 107 cm³/mol. The van der Waals surface area contributed by atoms with Gasteiger partial charge in [0.2, 0.25) is 5.91 Å². The Balaban J connectivity index is 1.78. The lowest BCUT2D eigenvalue weighted by atomic mass is 10.0. The fraction of sp³-hybridized carbons (Fsp3) is 0.300. The Kier molecular flexibility index (Phi) is 5.69. The lowest BCUT2D eigenvalue weighted by Crippen LogP contribution is -2.38. The fourth-order valence-corrected chi connectivity index (χ4v) is 4.16. The van der Waals surface area contributed by atoms with Gasteiger partial charge in [0.05, 0.1) is 12.0 Å². The minimum atomic E-state index is -3.64. The van der Waals surface area contributed by atoms with Gasteiger partial charge >= 0.3 is 0 Å². The van der Waals surface area contributed by atoms with Crippen LogP contribution in [0.5, 0.6) is 5.75 Å². The first-order valence-electron chi connectivity index (χ1n) is 8.92. The predicted octanol–water partition coefficient (Wildman–Crippen LogP) is 2.07. The van der Waals surface area contributed by atoms with Crippen LogP contribution in [0.15, 0.2) is 58.4 Å². The summed E-state index contributed by atoms with van der Waals surface area (Å²) in [4.78, 5) is 17.3. The molecule has 0 spiro atoms. The van der Waals surface area contributed by atoms with E-state index in [-0.39, 0.29) is 22.6 Å². The number of amides is 1. The third-order valence-corrected chi connectivity index (χ3v) is 5.85. The summed E-state index contributed by atoms with van der Waals surface area (Å²) in [5.41, 5.74) is 1.41. The van der Waals surface area contributed by atoms with Gasteiger partial charge in [0.15, 0.2) is 0 Å². The molecule has 1 aliphatic rings. The summed E-state index contributed by atoms with van der Waals surface area (Å²) < 4.78 is 32.1. The fourth-order valence-electron chi connectivity index (χ4n) is 2.92. The average Bonchev–Trinajstić information content (AvgIpc) is 2.95. The third kappa shape index (κ3) is 4.17. The Bertz CT molecular complexity index is 998. The topological polar surface area (TPSA) is 96.9 Å². The number of amidine groups is 1. The van der Waals surface area contributed by atoms with Gasteiger partial charge in [0.25, 0.3) is 10.0 Å². The molecule has 7 nitrogen and oxygen atoms in total. The molecule has 0 fully saturated rings. The number of carbonyl (C=O) groups is 1. The highest BCUT2D eigenvalue weighted by molar-refractivity contribution is 7.90. The molecule has 2 aromatic carbocycles. The first-order valence-corrected chi connectivity index (χ1v) is 10.4. The SMILES string of the molecule is COc1ccc(CNC(=O)[C@@H](N=C2NS(=O)(=O)c3ccccc32)C(C)C)cc1. The molecule has 2 N–H and O–H groups in total. The van der Waals surface area contributed by atoms with Crippen molar-refractivity contribution < 1.29 is 17.9 Å². The third-order valence-electron chi connectivity index (χ3n) is 4.46. The van der Waals surface area contributed by atoms with Crippen molar-refractivity contribution in [1.82, 2.24) is 10.0 Å². The highest BCUT2D eigenvalue weighted by atomic mass is 32.2. The number of ether oxygens (including phenoxy) is 1. The van der Waals surface area contributed by atoms with Crippen molar-refractivity contribution in [3.8, 4) is 5.75 Å². The van der Waals surface area contributed by atoms with Crippen LogP contribution in [0.3, 0.4) is 0 Å². The number of nitrogens with zero attached hydrogens (tertiary/aromatic N) is 1. The van der Waals surface area contributed by atoms with Crippen LogP contribution in [-0.2, 0) is 21.4 Å². The van der Waals surface area contributed by atoms with Crippen LogP contribution in [0.4, 0.5) is 0 Å². The van der Waals surface area contributed by atoms with E-state index in [9.17, 15) is 13.2 Å². The van der Waals surface area contributed by atoms with E-state index in [2.05, 4.69) is 15.0 Å². The Morgan fingerprint density at radius 3 is 2.46 bits per heavy atom. The molecule has 1 aliphatic heterocycles. The Labute approximate surface area is 164 Å². The van der Waals surface area contributed by atoms with E-state index in [1.54, 1.807) is 25.3 Å². The zero-order chi connectivity index (χ0) is 20.3. The number of rotatable bonds is 6. The summed E-state index contributed by atoms with van der Waals surface area (Å²) in [5, 5.41) is 2.87. The lowest BCUT2D eigenvalue weighted by molar-refractivity contribution is -0.123. The van der Waals surface area contributed by atoms with Crippen LogP contribution in [-0.4, -0.2) is 33.3 Å². The molecule has 0 unspecified atom stereocenters. The summed E-state index contributed by atoms with van der Waals surface area (Å²) in [6.07, 6.45) is 0. The van der Waals surface area contributed by atoms with E-state index >= 15 is 0 Å². The monoisotopic (exact) mass is 401 g/mol. The minimum Gasteiger partial charge on any atom is -0.497 e. The molecule has 0 saturated carbocycles. The maximum atomic E-state index is 12.7. The van der Waals surface area contributed by atoms with Crippen LogP contribution < -0.4 is 14.8 Å². The van der Waals surface area contributed by atoms with Crippen molar-refractivity contribution in [2.45, 2.75) is 31.3 Å². The van der Waals surface area contributed by atoms with E-state index in [1.807, 2.05) is 38.1 Å². The van der Waals surface area contributed by atoms with E-state index in [4.69, 9.17) is 4.74 Å². The van der Waals surface area contributed by atoms with Crippen LogP contribution in [0.25, 0.3) is 0 Å². The normalized spacial score (nSPS) is 17.1. The zero-order valence-electron chi connectivity index (χ0n) is 16.0. The number of aliphatic imine (C=N–C) groups is 1. The molecule has 1 heterocycles. The second-order valence-electron chi connectivity index (χ2n) is 6.83. The molecule has 0 aliphatic carbocycles. The molecule has 2 aromatic rings. The molecule has 0 radical (unpaired) electrons. The molecule has 0 aromatic heterocycles. The first-order chi connectivity index (χ1) is 13.3. The Hall–Kier alpha value is -2.87. The van der Waals surface area contributed by atoms with Crippen molar-refractivity contribution in [1.29, 1.82) is 0 Å². The number of benzene rings is 2. The molecule has 148 valence electrons. The Morgan fingerprint density at radius 2 is 1.82 bits per heavy atom. The maximum Gasteiger partial charge on any atom is 0.263 e. The quantitative estimate of drug-likeness (QED) is 0.774. The van der Waals surface area contributed by atoms with Gasteiger partial charge in [-0.1, -0.05) is 38.1 Å². The first kappa shape index (κ1) is 19.9. The van der Waals surface area contributed by atoms with Gasteiger partial charge in [-0.25, -0.2) is 8.42 Å². The molecule has 3 rings (SSSR count). The van der Waals surface area contributed by atoms with Crippen molar-refractivity contribution >= 4 is 21.8 Å². The van der Waals surface area contributed by atoms with E-state index in [0.29, 0.717) is 12.1 Å². The highest BCUT2D eigenvalue weighted by Crippen LogP contribution is 2.23. The number of fused-ring (bicyclic) bond motifs is 1. The molecule has 1 atom stereocenters. The molecule has 0 saturated heterocycles. The number of nitrogens with one attached hydrogen (secondary N) is 2.